The van der Waals surface area contributed by atoms with Crippen LogP contribution in [0.15, 0.2) is 29.4 Å². The zero-order valence-corrected chi connectivity index (χ0v) is 16.8. The highest BCUT2D eigenvalue weighted by Crippen LogP contribution is 2.32. The molecule has 1 heterocycles. The Kier molecular flexibility index (Phi) is 6.26. The van der Waals surface area contributed by atoms with Gasteiger partial charge in [-0.2, -0.15) is 0 Å². The Hall–Kier alpha value is -2.22. The van der Waals surface area contributed by atoms with Crippen LogP contribution in [-0.4, -0.2) is 32.6 Å². The lowest BCUT2D eigenvalue weighted by molar-refractivity contribution is -0.119. The van der Waals surface area contributed by atoms with Gasteiger partial charge in [-0.1, -0.05) is 37.7 Å². The Morgan fingerprint density at radius 1 is 1.30 bits per heavy atom. The molecule has 0 unspecified atom stereocenters. The van der Waals surface area contributed by atoms with Gasteiger partial charge in [0.1, 0.15) is 12.4 Å². The zero-order valence-electron chi connectivity index (χ0n) is 16.0. The molecule has 0 spiro atoms. The lowest BCUT2D eigenvalue weighted by atomic mass is 10.0. The first-order valence-corrected chi connectivity index (χ1v) is 10.3. The van der Waals surface area contributed by atoms with Crippen molar-refractivity contribution in [2.45, 2.75) is 57.3 Å². The highest BCUT2D eigenvalue weighted by atomic mass is 32.2. The van der Waals surface area contributed by atoms with E-state index < -0.39 is 0 Å². The number of nitrogens with one attached hydrogen (secondary N) is 1. The molecule has 1 aliphatic rings. The molecule has 3 N–H and O–H groups in total. The minimum atomic E-state index is -0.00885. The van der Waals surface area contributed by atoms with Gasteiger partial charge in [-0.25, -0.2) is 4.68 Å². The predicted octanol–water partition coefficient (Wildman–Crippen LogP) is 2.70. The van der Waals surface area contributed by atoms with Crippen molar-refractivity contribution in [2.24, 2.45) is 5.92 Å². The summed E-state index contributed by atoms with van der Waals surface area (Å²) in [6.07, 6.45) is 2.41. The number of benzene rings is 1. The molecule has 2 aromatic rings. The molecule has 0 radical (unpaired) electrons. The number of nitrogens with two attached hydrogens (primary N) is 1. The molecule has 0 bridgehead atoms. The van der Waals surface area contributed by atoms with Gasteiger partial charge < -0.3 is 15.9 Å². The van der Waals surface area contributed by atoms with Crippen molar-refractivity contribution in [3.8, 4) is 5.75 Å². The fraction of sp³-hybridized carbons (Fsp3) is 0.526. The van der Waals surface area contributed by atoms with E-state index >= 15 is 0 Å². The number of nitrogens with zero attached hydrogens (tertiary/aromatic N) is 3. The number of carbonyl (C=O) groups is 1. The van der Waals surface area contributed by atoms with Crippen LogP contribution in [0.25, 0.3) is 0 Å². The summed E-state index contributed by atoms with van der Waals surface area (Å²) in [5, 5.41) is 11.6. The first-order valence-electron chi connectivity index (χ1n) is 9.28. The van der Waals surface area contributed by atoms with Gasteiger partial charge in [-0.05, 0) is 49.3 Å². The van der Waals surface area contributed by atoms with Crippen LogP contribution in [0.5, 0.6) is 5.75 Å². The lowest BCUT2D eigenvalue weighted by Crippen LogP contribution is -2.35. The fourth-order valence-corrected chi connectivity index (χ4v) is 3.43. The molecule has 146 valence electrons. The summed E-state index contributed by atoms with van der Waals surface area (Å²) in [5.41, 5.74) is 1.26. The van der Waals surface area contributed by atoms with Crippen molar-refractivity contribution in [3.05, 3.63) is 35.7 Å². The van der Waals surface area contributed by atoms with E-state index in [-0.39, 0.29) is 24.3 Å². The second-order valence-electron chi connectivity index (χ2n) is 7.26. The van der Waals surface area contributed by atoms with Gasteiger partial charge in [-0.15, -0.1) is 10.2 Å². The second kappa shape index (κ2) is 8.65. The normalized spacial score (nSPS) is 15.0. The van der Waals surface area contributed by atoms with Crippen LogP contribution in [0.4, 0.5) is 0 Å². The van der Waals surface area contributed by atoms with E-state index in [1.807, 2.05) is 12.1 Å². The summed E-state index contributed by atoms with van der Waals surface area (Å²) in [4.78, 5) is 12.0. The van der Waals surface area contributed by atoms with Crippen LogP contribution in [0.2, 0.25) is 0 Å². The highest BCUT2D eigenvalue weighted by molar-refractivity contribution is 7.99. The van der Waals surface area contributed by atoms with E-state index in [1.165, 1.54) is 34.8 Å². The molecule has 1 saturated carbocycles. The van der Waals surface area contributed by atoms with Crippen LogP contribution >= 0.6 is 11.8 Å². The molecule has 1 aliphatic carbocycles. The van der Waals surface area contributed by atoms with E-state index in [2.05, 4.69) is 48.4 Å². The molecule has 3 rings (SSSR count). The summed E-state index contributed by atoms with van der Waals surface area (Å²) in [6.45, 7) is 6.57. The maximum atomic E-state index is 12.0. The number of rotatable bonds is 9. The van der Waals surface area contributed by atoms with Crippen molar-refractivity contribution in [3.63, 3.8) is 0 Å². The smallest absolute Gasteiger partial charge is 0.230 e. The van der Waals surface area contributed by atoms with Crippen LogP contribution in [0.3, 0.4) is 0 Å². The number of carbonyl (C=O) groups excluding carboxylic acids is 1. The van der Waals surface area contributed by atoms with Crippen molar-refractivity contribution in [2.75, 3.05) is 11.6 Å². The SMILES string of the molecule is CC(C)c1ccc(OCc2nnc(SCC(=O)N[C@H](C)C3CC3)n2N)cc1. The number of hydrogen-bond donors (Lipinski definition) is 2. The van der Waals surface area contributed by atoms with E-state index in [9.17, 15) is 4.79 Å². The van der Waals surface area contributed by atoms with E-state index in [0.717, 1.165) is 5.75 Å². The molecule has 1 atom stereocenters. The third kappa shape index (κ3) is 5.38. The molecule has 1 aromatic heterocycles. The molecule has 1 aromatic carbocycles. The Morgan fingerprint density at radius 2 is 2.00 bits per heavy atom. The molecule has 1 amide bonds. The second-order valence-corrected chi connectivity index (χ2v) is 8.21. The predicted molar refractivity (Wildman–Crippen MR) is 106 cm³/mol. The van der Waals surface area contributed by atoms with Gasteiger partial charge in [0.15, 0.2) is 5.82 Å². The van der Waals surface area contributed by atoms with Crippen LogP contribution < -0.4 is 15.9 Å². The molecule has 1 fully saturated rings. The highest BCUT2D eigenvalue weighted by Gasteiger charge is 2.28. The molecular weight excluding hydrogens is 362 g/mol. The maximum absolute atomic E-state index is 12.0. The zero-order chi connectivity index (χ0) is 19.4. The van der Waals surface area contributed by atoms with Crippen molar-refractivity contribution in [1.29, 1.82) is 0 Å². The maximum Gasteiger partial charge on any atom is 0.230 e. The Labute approximate surface area is 164 Å². The monoisotopic (exact) mass is 389 g/mol. The number of hydrogen-bond acceptors (Lipinski definition) is 6. The topological polar surface area (TPSA) is 95.1 Å². The van der Waals surface area contributed by atoms with Crippen molar-refractivity contribution in [1.82, 2.24) is 20.2 Å². The average molecular weight is 390 g/mol. The molecule has 7 nitrogen and oxygen atoms in total. The Morgan fingerprint density at radius 3 is 2.63 bits per heavy atom. The number of aromatic nitrogens is 3. The minimum absolute atomic E-state index is 0.00885. The molecular formula is C19H27N5O2S. The average Bonchev–Trinajstić information content (AvgIpc) is 3.44. The van der Waals surface area contributed by atoms with Gasteiger partial charge in [0.2, 0.25) is 11.1 Å². The third-order valence-electron chi connectivity index (χ3n) is 4.70. The van der Waals surface area contributed by atoms with Crippen LogP contribution in [-0.2, 0) is 11.4 Å². The molecule has 8 heteroatoms. The Balaban J connectivity index is 1.48. The molecule has 27 heavy (non-hydrogen) atoms. The van der Waals surface area contributed by atoms with E-state index in [1.54, 1.807) is 0 Å². The summed E-state index contributed by atoms with van der Waals surface area (Å²) in [6, 6.07) is 8.21. The van der Waals surface area contributed by atoms with Crippen molar-refractivity contribution >= 4 is 17.7 Å². The van der Waals surface area contributed by atoms with E-state index in [0.29, 0.717) is 22.8 Å². The standard InChI is InChI=1S/C19H27N5O2S/c1-12(2)14-6-8-16(9-7-14)26-10-17-22-23-19(24(17)20)27-11-18(25)21-13(3)15-4-5-15/h6-9,12-13,15H,4-5,10-11,20H2,1-3H3,(H,21,25)/t13-/m1/s1. The van der Waals surface area contributed by atoms with Gasteiger partial charge in [0, 0.05) is 6.04 Å². The largest absolute Gasteiger partial charge is 0.486 e. The minimum Gasteiger partial charge on any atom is -0.486 e. The number of nitrogen functional groups attached to an aromatic ring is 1. The molecule has 0 aliphatic heterocycles. The fourth-order valence-electron chi connectivity index (χ4n) is 2.74. The summed E-state index contributed by atoms with van der Waals surface area (Å²) in [7, 11) is 0. The first-order chi connectivity index (χ1) is 12.9. The van der Waals surface area contributed by atoms with Crippen molar-refractivity contribution < 1.29 is 9.53 Å². The van der Waals surface area contributed by atoms with Gasteiger partial charge in [-0.3, -0.25) is 4.79 Å². The van der Waals surface area contributed by atoms with Gasteiger partial charge in [0.25, 0.3) is 0 Å². The van der Waals surface area contributed by atoms with Gasteiger partial charge in [0.05, 0.1) is 5.75 Å². The number of thioether (sulfide) groups is 1. The number of ether oxygens (including phenoxy) is 1. The molecule has 0 saturated heterocycles. The summed E-state index contributed by atoms with van der Waals surface area (Å²) >= 11 is 1.27. The third-order valence-corrected chi connectivity index (χ3v) is 5.64. The van der Waals surface area contributed by atoms with Crippen LogP contribution in [0, 0.1) is 5.92 Å². The van der Waals surface area contributed by atoms with E-state index in [4.69, 9.17) is 10.6 Å². The first kappa shape index (κ1) is 19.5. The number of amides is 1. The summed E-state index contributed by atoms with van der Waals surface area (Å²) < 4.78 is 7.12. The lowest BCUT2D eigenvalue weighted by Gasteiger charge is -2.12. The summed E-state index contributed by atoms with van der Waals surface area (Å²) in [5.74, 6) is 8.68. The Bertz CT molecular complexity index is 771. The quantitative estimate of drug-likeness (QED) is 0.506. The van der Waals surface area contributed by atoms with Gasteiger partial charge >= 0.3 is 0 Å². The van der Waals surface area contributed by atoms with Crippen LogP contribution in [0.1, 0.15) is 50.9 Å².